The van der Waals surface area contributed by atoms with Crippen LogP contribution in [0.4, 0.5) is 14.6 Å². The van der Waals surface area contributed by atoms with Gasteiger partial charge in [0.15, 0.2) is 5.78 Å². The van der Waals surface area contributed by atoms with E-state index in [0.29, 0.717) is 24.7 Å². The first kappa shape index (κ1) is 29.8. The van der Waals surface area contributed by atoms with Crippen LogP contribution in [0.1, 0.15) is 52.7 Å². The van der Waals surface area contributed by atoms with Gasteiger partial charge in [0.2, 0.25) is 0 Å². The van der Waals surface area contributed by atoms with Crippen molar-refractivity contribution < 1.29 is 23.1 Å². The third-order valence-electron chi connectivity index (χ3n) is 7.84. The fourth-order valence-corrected chi connectivity index (χ4v) is 5.48. The van der Waals surface area contributed by atoms with Crippen LogP contribution in [0.2, 0.25) is 0 Å². The zero-order valence-electron chi connectivity index (χ0n) is 23.8. The summed E-state index contributed by atoms with van der Waals surface area (Å²) in [4.78, 5) is 41.1. The summed E-state index contributed by atoms with van der Waals surface area (Å²) in [7, 11) is 1.88. The van der Waals surface area contributed by atoms with Gasteiger partial charge >= 0.3 is 5.97 Å². The maximum absolute atomic E-state index is 14.3. The molecule has 1 aromatic heterocycles. The van der Waals surface area contributed by atoms with Crippen LogP contribution in [0.5, 0.6) is 0 Å². The molecule has 1 saturated carbocycles. The van der Waals surface area contributed by atoms with Crippen LogP contribution in [0.3, 0.4) is 0 Å². The Bertz CT molecular complexity index is 1670. The summed E-state index contributed by atoms with van der Waals surface area (Å²) < 4.78 is 34.7. The van der Waals surface area contributed by atoms with Crippen LogP contribution in [0.15, 0.2) is 89.7 Å². The summed E-state index contributed by atoms with van der Waals surface area (Å²) in [6, 6.07) is 21.4. The van der Waals surface area contributed by atoms with Gasteiger partial charge in [0.05, 0.1) is 16.8 Å². The third-order valence-corrected chi connectivity index (χ3v) is 7.84. The van der Waals surface area contributed by atoms with Crippen LogP contribution in [0, 0.1) is 11.6 Å². The molecule has 4 aromatic rings. The van der Waals surface area contributed by atoms with Gasteiger partial charge in [-0.1, -0.05) is 42.5 Å². The molecule has 43 heavy (non-hydrogen) atoms. The number of ketones is 1. The van der Waals surface area contributed by atoms with E-state index < -0.39 is 29.0 Å². The van der Waals surface area contributed by atoms with E-state index in [1.54, 1.807) is 12.1 Å². The fraction of sp³-hybridized carbons (Fsp3) is 0.265. The molecule has 0 unspecified atom stereocenters. The van der Waals surface area contributed by atoms with Crippen molar-refractivity contribution in [3.8, 4) is 5.69 Å². The van der Waals surface area contributed by atoms with Crippen LogP contribution in [-0.2, 0) is 22.5 Å². The number of benzene rings is 3. The summed E-state index contributed by atoms with van der Waals surface area (Å²) in [5.74, 6) is -3.00. The Labute approximate surface area is 248 Å². The first-order valence-electron chi connectivity index (χ1n) is 14.3. The number of ether oxygens (including phenoxy) is 1. The van der Waals surface area contributed by atoms with Gasteiger partial charge in [-0.15, -0.1) is 0 Å². The lowest BCUT2D eigenvalue weighted by atomic mass is 10.0. The van der Waals surface area contributed by atoms with Crippen molar-refractivity contribution in [3.05, 3.63) is 129 Å². The predicted molar refractivity (Wildman–Crippen MR) is 160 cm³/mol. The van der Waals surface area contributed by atoms with Crippen LogP contribution < -0.4 is 11.3 Å². The second-order valence-electron chi connectivity index (χ2n) is 10.9. The maximum atomic E-state index is 14.3. The number of carbonyl (C=O) groups excluding carboxylic acids is 2. The van der Waals surface area contributed by atoms with E-state index in [0.717, 1.165) is 48.9 Å². The molecule has 0 spiro atoms. The van der Waals surface area contributed by atoms with E-state index in [-0.39, 0.29) is 29.0 Å². The van der Waals surface area contributed by atoms with Gasteiger partial charge in [-0.3, -0.25) is 23.9 Å². The number of likely N-dealkylation sites (N-methyl/N-ethyl adjacent to an activating group) is 1. The second kappa shape index (κ2) is 13.1. The second-order valence-corrected chi connectivity index (χ2v) is 10.9. The maximum Gasteiger partial charge on any atom is 0.323 e. The number of anilines is 1. The number of nitrogen functional groups attached to an aromatic ring is 1. The predicted octanol–water partition coefficient (Wildman–Crippen LogP) is 5.46. The average molecular weight is 586 g/mol. The van der Waals surface area contributed by atoms with Crippen molar-refractivity contribution in [2.24, 2.45) is 0 Å². The number of nitrogens with zero attached hydrogens (tertiary/aromatic N) is 2. The molecule has 0 amide bonds. The molecule has 1 atom stereocenters. The van der Waals surface area contributed by atoms with Crippen molar-refractivity contribution in [2.45, 2.75) is 50.8 Å². The SMILES string of the molecule is CN(Cc1ccc(-n2c(N)c(C(=O)c3ccc(F)cc3F)ccc2=O)cc1)[C@@H](Cc1ccccc1)C(=O)OC1CCCC1. The van der Waals surface area contributed by atoms with Gasteiger partial charge in [0, 0.05) is 18.7 Å². The molecule has 0 aliphatic heterocycles. The van der Waals surface area contributed by atoms with E-state index in [2.05, 4.69) is 0 Å². The lowest BCUT2D eigenvalue weighted by Gasteiger charge is -2.28. The highest BCUT2D eigenvalue weighted by Gasteiger charge is 2.29. The molecule has 0 bridgehead atoms. The number of nitrogens with two attached hydrogens (primary N) is 1. The Morgan fingerprint density at radius 1 is 0.930 bits per heavy atom. The standard InChI is InChI=1S/C34H33F2N3O4/c1-38(30(19-22-7-3-2-4-8-22)34(42)43-26-9-5-6-10-26)21-23-11-14-25(15-12-23)39-31(40)18-17-28(33(39)37)32(41)27-16-13-24(35)20-29(27)36/h2-4,7-8,11-18,20,26,30H,5-6,9-10,19,21,37H2,1H3/t30-/m0/s1. The van der Waals surface area contributed by atoms with Gasteiger partial charge in [-0.25, -0.2) is 8.78 Å². The van der Waals surface area contributed by atoms with E-state index >= 15 is 0 Å². The summed E-state index contributed by atoms with van der Waals surface area (Å²) in [6.45, 7) is 0.435. The molecule has 1 heterocycles. The lowest BCUT2D eigenvalue weighted by molar-refractivity contribution is -0.155. The van der Waals surface area contributed by atoms with Crippen molar-refractivity contribution >= 4 is 17.6 Å². The van der Waals surface area contributed by atoms with Crippen LogP contribution >= 0.6 is 0 Å². The molecule has 7 nitrogen and oxygen atoms in total. The van der Waals surface area contributed by atoms with Crippen molar-refractivity contribution in [3.63, 3.8) is 0 Å². The van der Waals surface area contributed by atoms with E-state index in [4.69, 9.17) is 10.5 Å². The van der Waals surface area contributed by atoms with Gasteiger partial charge in [0.25, 0.3) is 5.56 Å². The summed E-state index contributed by atoms with van der Waals surface area (Å²) in [5, 5.41) is 0. The van der Waals surface area contributed by atoms with Gasteiger partial charge in [0.1, 0.15) is 29.6 Å². The van der Waals surface area contributed by atoms with Crippen LogP contribution in [0.25, 0.3) is 5.69 Å². The molecule has 222 valence electrons. The minimum absolute atomic E-state index is 0.0376. The first-order valence-corrected chi connectivity index (χ1v) is 14.3. The molecule has 0 saturated heterocycles. The number of hydrogen-bond acceptors (Lipinski definition) is 6. The highest BCUT2D eigenvalue weighted by atomic mass is 19.1. The summed E-state index contributed by atoms with van der Waals surface area (Å²) in [5.41, 5.74) is 7.66. The Balaban J connectivity index is 1.36. The number of pyridine rings is 1. The number of aromatic nitrogens is 1. The molecule has 1 aliphatic rings. The van der Waals surface area contributed by atoms with Gasteiger partial charge in [-0.05, 0) is 80.6 Å². The Morgan fingerprint density at radius 2 is 1.60 bits per heavy atom. The number of halogens is 2. The van der Waals surface area contributed by atoms with E-state index in [1.165, 1.54) is 16.7 Å². The molecule has 1 aliphatic carbocycles. The molecular formula is C34H33F2N3O4. The Kier molecular flexibility index (Phi) is 9.11. The summed E-state index contributed by atoms with van der Waals surface area (Å²) in [6.07, 6.45) is 4.38. The van der Waals surface area contributed by atoms with E-state index in [9.17, 15) is 23.2 Å². The van der Waals surface area contributed by atoms with Crippen molar-refractivity contribution in [1.82, 2.24) is 9.47 Å². The quantitative estimate of drug-likeness (QED) is 0.196. The fourth-order valence-electron chi connectivity index (χ4n) is 5.48. The third kappa shape index (κ3) is 6.89. The number of esters is 1. The lowest BCUT2D eigenvalue weighted by Crippen LogP contribution is -2.42. The minimum atomic E-state index is -1.02. The topological polar surface area (TPSA) is 94.6 Å². The Morgan fingerprint density at radius 3 is 2.28 bits per heavy atom. The summed E-state index contributed by atoms with van der Waals surface area (Å²) >= 11 is 0. The Hall–Kier alpha value is -4.63. The first-order chi connectivity index (χ1) is 20.7. The zero-order valence-corrected chi connectivity index (χ0v) is 23.8. The molecule has 2 N–H and O–H groups in total. The normalized spacial score (nSPS) is 14.1. The highest BCUT2D eigenvalue weighted by Crippen LogP contribution is 2.24. The van der Waals surface area contributed by atoms with E-state index in [1.807, 2.05) is 54.4 Å². The van der Waals surface area contributed by atoms with Crippen molar-refractivity contribution in [1.29, 1.82) is 0 Å². The average Bonchev–Trinajstić information content (AvgIpc) is 3.50. The molecule has 5 rings (SSSR count). The minimum Gasteiger partial charge on any atom is -0.461 e. The highest BCUT2D eigenvalue weighted by molar-refractivity contribution is 6.11. The van der Waals surface area contributed by atoms with Gasteiger partial charge in [-0.2, -0.15) is 0 Å². The molecule has 0 radical (unpaired) electrons. The largest absolute Gasteiger partial charge is 0.461 e. The monoisotopic (exact) mass is 585 g/mol. The number of hydrogen-bond donors (Lipinski definition) is 1. The smallest absolute Gasteiger partial charge is 0.323 e. The molecule has 9 heteroatoms. The van der Waals surface area contributed by atoms with Gasteiger partial charge < -0.3 is 10.5 Å². The number of carbonyl (C=O) groups is 2. The molecule has 1 fully saturated rings. The van der Waals surface area contributed by atoms with Crippen molar-refractivity contribution in [2.75, 3.05) is 12.8 Å². The number of rotatable bonds is 10. The zero-order chi connectivity index (χ0) is 30.5. The molecule has 3 aromatic carbocycles. The molecular weight excluding hydrogens is 552 g/mol. The van der Waals surface area contributed by atoms with Crippen LogP contribution in [-0.4, -0.2) is 40.4 Å².